The molecule has 0 bridgehead atoms. The van der Waals surface area contributed by atoms with E-state index < -0.39 is 0 Å². The Bertz CT molecular complexity index is 504. The van der Waals surface area contributed by atoms with Crippen LogP contribution in [0.5, 0.6) is 0 Å². The standard InChI is InChI=1S/C19H34N4O.HI/c1-5-20-19(21-13-18-23-15(3)16(4)24-18)22-14(2)11-12-17-9-7-6-8-10-17;/h14,17H,5-13H2,1-4H3,(H2,20,21,22);1H. The van der Waals surface area contributed by atoms with Gasteiger partial charge in [-0.25, -0.2) is 9.98 Å². The Labute approximate surface area is 169 Å². The zero-order valence-corrected chi connectivity index (χ0v) is 18.6. The summed E-state index contributed by atoms with van der Waals surface area (Å²) in [7, 11) is 0. The van der Waals surface area contributed by atoms with Gasteiger partial charge in [-0.15, -0.1) is 24.0 Å². The third-order valence-corrected chi connectivity index (χ3v) is 4.91. The molecule has 1 unspecified atom stereocenters. The molecular weight excluding hydrogens is 427 g/mol. The maximum atomic E-state index is 5.60. The normalized spacial score (nSPS) is 17.0. The largest absolute Gasteiger partial charge is 0.444 e. The van der Waals surface area contributed by atoms with Crippen molar-refractivity contribution in [1.29, 1.82) is 0 Å². The third-order valence-electron chi connectivity index (χ3n) is 4.91. The van der Waals surface area contributed by atoms with E-state index in [4.69, 9.17) is 4.42 Å². The Balaban J connectivity index is 0.00000312. The van der Waals surface area contributed by atoms with Gasteiger partial charge in [-0.2, -0.15) is 0 Å². The number of hydrogen-bond acceptors (Lipinski definition) is 3. The molecule has 1 aliphatic carbocycles. The second-order valence-electron chi connectivity index (χ2n) is 7.07. The topological polar surface area (TPSA) is 62.5 Å². The van der Waals surface area contributed by atoms with E-state index in [9.17, 15) is 0 Å². The van der Waals surface area contributed by atoms with Crippen LogP contribution in [0.1, 0.15) is 76.1 Å². The summed E-state index contributed by atoms with van der Waals surface area (Å²) in [5.74, 6) is 3.33. The van der Waals surface area contributed by atoms with Crippen molar-refractivity contribution in [1.82, 2.24) is 15.6 Å². The molecule has 1 fully saturated rings. The first-order valence-electron chi connectivity index (χ1n) is 9.56. The van der Waals surface area contributed by atoms with Gasteiger partial charge in [0.25, 0.3) is 0 Å². The number of aliphatic imine (C=N–C) groups is 1. The molecule has 0 radical (unpaired) electrons. The summed E-state index contributed by atoms with van der Waals surface area (Å²) in [5.41, 5.74) is 0.944. The molecule has 1 aromatic rings. The molecule has 1 aromatic heterocycles. The number of guanidine groups is 1. The fourth-order valence-corrected chi connectivity index (χ4v) is 3.34. The van der Waals surface area contributed by atoms with Gasteiger partial charge >= 0.3 is 0 Å². The first-order chi connectivity index (χ1) is 11.6. The minimum Gasteiger partial charge on any atom is -0.444 e. The predicted octanol–water partition coefficient (Wildman–Crippen LogP) is 4.71. The molecule has 1 saturated carbocycles. The molecule has 1 aliphatic rings. The fourth-order valence-electron chi connectivity index (χ4n) is 3.34. The van der Waals surface area contributed by atoms with Gasteiger partial charge in [0, 0.05) is 12.6 Å². The van der Waals surface area contributed by atoms with Crippen molar-refractivity contribution in [3.05, 3.63) is 17.3 Å². The van der Waals surface area contributed by atoms with Crippen LogP contribution in [0, 0.1) is 19.8 Å². The van der Waals surface area contributed by atoms with Gasteiger partial charge in [-0.3, -0.25) is 0 Å². The Morgan fingerprint density at radius 1 is 1.28 bits per heavy atom. The second-order valence-corrected chi connectivity index (χ2v) is 7.07. The average Bonchev–Trinajstić information content (AvgIpc) is 2.90. The Morgan fingerprint density at radius 2 is 2.00 bits per heavy atom. The molecule has 6 heteroatoms. The summed E-state index contributed by atoms with van der Waals surface area (Å²) in [6.45, 7) is 9.55. The van der Waals surface area contributed by atoms with Gasteiger partial charge < -0.3 is 15.1 Å². The van der Waals surface area contributed by atoms with Crippen LogP contribution in [0.3, 0.4) is 0 Å². The summed E-state index contributed by atoms with van der Waals surface area (Å²) < 4.78 is 5.60. The molecule has 25 heavy (non-hydrogen) atoms. The van der Waals surface area contributed by atoms with Crippen LogP contribution < -0.4 is 10.6 Å². The van der Waals surface area contributed by atoms with Crippen LogP contribution in [0.2, 0.25) is 0 Å². The van der Waals surface area contributed by atoms with Crippen molar-refractivity contribution in [2.24, 2.45) is 10.9 Å². The van der Waals surface area contributed by atoms with Crippen LogP contribution in [0.25, 0.3) is 0 Å². The van der Waals surface area contributed by atoms with Gasteiger partial charge in [0.05, 0.1) is 5.69 Å². The molecule has 0 amide bonds. The van der Waals surface area contributed by atoms with Crippen LogP contribution in [0.15, 0.2) is 9.41 Å². The van der Waals surface area contributed by atoms with E-state index in [2.05, 4.69) is 34.5 Å². The first kappa shape index (κ1) is 22.3. The lowest BCUT2D eigenvalue weighted by atomic mass is 9.85. The highest BCUT2D eigenvalue weighted by molar-refractivity contribution is 14.0. The number of aromatic nitrogens is 1. The fraction of sp³-hybridized carbons (Fsp3) is 0.789. The summed E-state index contributed by atoms with van der Waals surface area (Å²) in [6, 6.07) is 0.428. The van der Waals surface area contributed by atoms with Crippen molar-refractivity contribution in [3.63, 3.8) is 0 Å². The summed E-state index contributed by atoms with van der Waals surface area (Å²) in [6.07, 6.45) is 9.64. The SMILES string of the molecule is CCNC(=NCc1nc(C)c(C)o1)NC(C)CCC1CCCCC1.I. The summed E-state index contributed by atoms with van der Waals surface area (Å²) in [5, 5.41) is 6.83. The minimum atomic E-state index is 0. The molecule has 0 aliphatic heterocycles. The zero-order chi connectivity index (χ0) is 17.4. The van der Waals surface area contributed by atoms with E-state index in [1.165, 1.54) is 44.9 Å². The zero-order valence-electron chi connectivity index (χ0n) is 16.2. The van der Waals surface area contributed by atoms with E-state index in [-0.39, 0.29) is 24.0 Å². The van der Waals surface area contributed by atoms with E-state index in [1.807, 2.05) is 13.8 Å². The minimum absolute atomic E-state index is 0. The number of hydrogen-bond donors (Lipinski definition) is 2. The molecule has 2 N–H and O–H groups in total. The predicted molar refractivity (Wildman–Crippen MR) is 115 cm³/mol. The number of nitrogens with zero attached hydrogens (tertiary/aromatic N) is 2. The highest BCUT2D eigenvalue weighted by Gasteiger charge is 2.15. The lowest BCUT2D eigenvalue weighted by Crippen LogP contribution is -2.42. The van der Waals surface area contributed by atoms with E-state index >= 15 is 0 Å². The van der Waals surface area contributed by atoms with Gasteiger partial charge in [0.15, 0.2) is 5.96 Å². The van der Waals surface area contributed by atoms with Gasteiger partial charge in [-0.05, 0) is 46.5 Å². The average molecular weight is 462 g/mol. The highest BCUT2D eigenvalue weighted by atomic mass is 127. The van der Waals surface area contributed by atoms with Crippen molar-refractivity contribution in [3.8, 4) is 0 Å². The van der Waals surface area contributed by atoms with Gasteiger partial charge in [0.1, 0.15) is 12.3 Å². The molecule has 5 nitrogen and oxygen atoms in total. The van der Waals surface area contributed by atoms with Gasteiger partial charge in [0.2, 0.25) is 5.89 Å². The monoisotopic (exact) mass is 462 g/mol. The first-order valence-corrected chi connectivity index (χ1v) is 9.56. The molecule has 1 heterocycles. The lowest BCUT2D eigenvalue weighted by molar-refractivity contribution is 0.322. The summed E-state index contributed by atoms with van der Waals surface area (Å²) in [4.78, 5) is 9.00. The van der Waals surface area contributed by atoms with Crippen LogP contribution in [-0.4, -0.2) is 23.5 Å². The Hall–Kier alpha value is -0.790. The second kappa shape index (κ2) is 11.8. The van der Waals surface area contributed by atoms with Crippen LogP contribution in [-0.2, 0) is 6.54 Å². The van der Waals surface area contributed by atoms with Crippen molar-refractivity contribution in [2.45, 2.75) is 85.2 Å². The number of aryl methyl sites for hydroxylation is 2. The quantitative estimate of drug-likeness (QED) is 0.350. The molecule has 2 rings (SSSR count). The third kappa shape index (κ3) is 7.96. The van der Waals surface area contributed by atoms with Crippen LogP contribution >= 0.6 is 24.0 Å². The highest BCUT2D eigenvalue weighted by Crippen LogP contribution is 2.27. The molecular formula is C19H35IN4O. The molecule has 0 aromatic carbocycles. The van der Waals surface area contributed by atoms with Crippen molar-refractivity contribution < 1.29 is 4.42 Å². The number of nitrogens with one attached hydrogen (secondary N) is 2. The maximum absolute atomic E-state index is 5.60. The summed E-state index contributed by atoms with van der Waals surface area (Å²) >= 11 is 0. The molecule has 0 spiro atoms. The van der Waals surface area contributed by atoms with E-state index in [0.717, 1.165) is 29.9 Å². The number of halogens is 1. The smallest absolute Gasteiger partial charge is 0.216 e. The Kier molecular flexibility index (Phi) is 10.5. The molecule has 144 valence electrons. The maximum Gasteiger partial charge on any atom is 0.216 e. The van der Waals surface area contributed by atoms with E-state index in [1.54, 1.807) is 0 Å². The van der Waals surface area contributed by atoms with Crippen LogP contribution in [0.4, 0.5) is 0 Å². The lowest BCUT2D eigenvalue weighted by Gasteiger charge is -2.24. The number of rotatable bonds is 7. The van der Waals surface area contributed by atoms with Gasteiger partial charge in [-0.1, -0.05) is 32.1 Å². The Morgan fingerprint density at radius 3 is 2.60 bits per heavy atom. The van der Waals surface area contributed by atoms with Crippen molar-refractivity contribution >= 4 is 29.9 Å². The molecule has 0 saturated heterocycles. The van der Waals surface area contributed by atoms with E-state index in [0.29, 0.717) is 18.5 Å². The molecule has 1 atom stereocenters. The number of oxazole rings is 1. The van der Waals surface area contributed by atoms with Crippen molar-refractivity contribution in [2.75, 3.05) is 6.54 Å².